The van der Waals surface area contributed by atoms with Crippen LogP contribution in [-0.2, 0) is 16.1 Å². The SMILES string of the molecule is CC(C)C(=O)NCc1ccc(Cl)c(C2NC(=O)CC(c3ccc(F)cc3)N2)c1. The van der Waals surface area contributed by atoms with Gasteiger partial charge in [0.05, 0.1) is 0 Å². The molecule has 5 nitrogen and oxygen atoms in total. The minimum absolute atomic E-state index is 0.0306. The molecule has 0 aliphatic carbocycles. The van der Waals surface area contributed by atoms with E-state index in [-0.39, 0.29) is 36.0 Å². The molecule has 28 heavy (non-hydrogen) atoms. The summed E-state index contributed by atoms with van der Waals surface area (Å²) in [4.78, 5) is 24.1. The largest absolute Gasteiger partial charge is 0.352 e. The summed E-state index contributed by atoms with van der Waals surface area (Å²) < 4.78 is 13.2. The molecular weight excluding hydrogens is 381 g/mol. The molecule has 3 rings (SSSR count). The van der Waals surface area contributed by atoms with Gasteiger partial charge in [-0.15, -0.1) is 0 Å². The first-order valence-corrected chi connectivity index (χ1v) is 9.58. The lowest BCUT2D eigenvalue weighted by atomic mass is 9.98. The maximum Gasteiger partial charge on any atom is 0.223 e. The Kier molecular flexibility index (Phi) is 6.31. The Labute approximate surface area is 168 Å². The van der Waals surface area contributed by atoms with Gasteiger partial charge in [0, 0.05) is 35.5 Å². The molecule has 1 heterocycles. The summed E-state index contributed by atoms with van der Waals surface area (Å²) in [5.41, 5.74) is 2.43. The van der Waals surface area contributed by atoms with Gasteiger partial charge in [-0.1, -0.05) is 43.6 Å². The third-order valence-electron chi connectivity index (χ3n) is 4.70. The van der Waals surface area contributed by atoms with E-state index in [4.69, 9.17) is 11.6 Å². The summed E-state index contributed by atoms with van der Waals surface area (Å²) in [5, 5.41) is 9.64. The highest BCUT2D eigenvalue weighted by molar-refractivity contribution is 6.31. The summed E-state index contributed by atoms with van der Waals surface area (Å²) in [7, 11) is 0. The molecule has 0 radical (unpaired) electrons. The Morgan fingerprint density at radius 2 is 1.96 bits per heavy atom. The summed E-state index contributed by atoms with van der Waals surface area (Å²) in [5.74, 6) is -0.563. The normalized spacial score (nSPS) is 19.4. The van der Waals surface area contributed by atoms with Gasteiger partial charge in [0.1, 0.15) is 12.0 Å². The smallest absolute Gasteiger partial charge is 0.223 e. The zero-order valence-corrected chi connectivity index (χ0v) is 16.5. The van der Waals surface area contributed by atoms with Crippen molar-refractivity contribution >= 4 is 23.4 Å². The zero-order chi connectivity index (χ0) is 20.3. The number of benzene rings is 2. The molecular formula is C21H23ClFN3O2. The topological polar surface area (TPSA) is 70.2 Å². The highest BCUT2D eigenvalue weighted by Crippen LogP contribution is 2.30. The average molecular weight is 404 g/mol. The Balaban J connectivity index is 1.79. The second-order valence-electron chi connectivity index (χ2n) is 7.20. The fraction of sp³-hybridized carbons (Fsp3) is 0.333. The lowest BCUT2D eigenvalue weighted by Crippen LogP contribution is -2.46. The van der Waals surface area contributed by atoms with Crippen LogP contribution in [0.15, 0.2) is 42.5 Å². The van der Waals surface area contributed by atoms with Crippen molar-refractivity contribution in [3.05, 3.63) is 70.0 Å². The van der Waals surface area contributed by atoms with Crippen molar-refractivity contribution in [2.24, 2.45) is 5.92 Å². The number of carbonyl (C=O) groups is 2. The molecule has 0 bridgehead atoms. The number of amides is 2. The second kappa shape index (κ2) is 8.71. The van der Waals surface area contributed by atoms with Gasteiger partial charge < -0.3 is 10.6 Å². The zero-order valence-electron chi connectivity index (χ0n) is 15.8. The van der Waals surface area contributed by atoms with Crippen LogP contribution >= 0.6 is 11.6 Å². The molecule has 2 aromatic carbocycles. The van der Waals surface area contributed by atoms with Crippen molar-refractivity contribution in [1.29, 1.82) is 0 Å². The van der Waals surface area contributed by atoms with Gasteiger partial charge in [-0.3, -0.25) is 14.9 Å². The molecule has 3 N–H and O–H groups in total. The van der Waals surface area contributed by atoms with E-state index in [9.17, 15) is 14.0 Å². The van der Waals surface area contributed by atoms with Crippen LogP contribution in [0.2, 0.25) is 5.02 Å². The fourth-order valence-electron chi connectivity index (χ4n) is 3.10. The number of hydrogen-bond acceptors (Lipinski definition) is 3. The van der Waals surface area contributed by atoms with E-state index in [1.807, 2.05) is 26.0 Å². The van der Waals surface area contributed by atoms with Crippen LogP contribution in [0.4, 0.5) is 4.39 Å². The maximum absolute atomic E-state index is 13.2. The molecule has 1 fully saturated rings. The lowest BCUT2D eigenvalue weighted by Gasteiger charge is -2.33. The molecule has 1 aliphatic heterocycles. The van der Waals surface area contributed by atoms with E-state index in [2.05, 4.69) is 16.0 Å². The van der Waals surface area contributed by atoms with Crippen molar-refractivity contribution in [3.8, 4) is 0 Å². The molecule has 2 atom stereocenters. The van der Waals surface area contributed by atoms with Crippen molar-refractivity contribution < 1.29 is 14.0 Å². The molecule has 7 heteroatoms. The maximum atomic E-state index is 13.2. The predicted molar refractivity (Wildman–Crippen MR) is 106 cm³/mol. The van der Waals surface area contributed by atoms with E-state index in [0.717, 1.165) is 16.7 Å². The number of hydrogen-bond donors (Lipinski definition) is 3. The highest BCUT2D eigenvalue weighted by atomic mass is 35.5. The third-order valence-corrected chi connectivity index (χ3v) is 5.04. The summed E-state index contributed by atoms with van der Waals surface area (Å²) >= 11 is 6.38. The fourth-order valence-corrected chi connectivity index (χ4v) is 3.33. The van der Waals surface area contributed by atoms with Crippen LogP contribution in [0.3, 0.4) is 0 Å². The van der Waals surface area contributed by atoms with Crippen molar-refractivity contribution in [2.75, 3.05) is 0 Å². The van der Waals surface area contributed by atoms with Gasteiger partial charge in [0.25, 0.3) is 0 Å². The molecule has 148 valence electrons. The summed E-state index contributed by atoms with van der Waals surface area (Å²) in [6.07, 6.45) is -0.228. The van der Waals surface area contributed by atoms with Crippen molar-refractivity contribution in [3.63, 3.8) is 0 Å². The quantitative estimate of drug-likeness (QED) is 0.714. The Morgan fingerprint density at radius 3 is 2.64 bits per heavy atom. The molecule has 2 aromatic rings. The standard InChI is InChI=1S/C21H23ClFN3O2/c1-12(2)21(28)24-11-13-3-8-17(22)16(9-13)20-25-18(10-19(27)26-20)14-4-6-15(23)7-5-14/h3-9,12,18,20,25H,10-11H2,1-2H3,(H,24,28)(H,26,27). The van der Waals surface area contributed by atoms with Gasteiger partial charge in [-0.25, -0.2) is 4.39 Å². The van der Waals surface area contributed by atoms with Gasteiger partial charge in [0.15, 0.2) is 0 Å². The Morgan fingerprint density at radius 1 is 1.25 bits per heavy atom. The van der Waals surface area contributed by atoms with Crippen molar-refractivity contribution in [2.45, 2.75) is 39.0 Å². The van der Waals surface area contributed by atoms with Crippen LogP contribution in [-0.4, -0.2) is 11.8 Å². The van der Waals surface area contributed by atoms with E-state index in [1.54, 1.807) is 18.2 Å². The monoisotopic (exact) mass is 403 g/mol. The molecule has 2 unspecified atom stereocenters. The van der Waals surface area contributed by atoms with Gasteiger partial charge in [-0.05, 0) is 35.4 Å². The third kappa shape index (κ3) is 4.88. The van der Waals surface area contributed by atoms with Crippen LogP contribution in [0.5, 0.6) is 0 Å². The van der Waals surface area contributed by atoms with Crippen molar-refractivity contribution in [1.82, 2.24) is 16.0 Å². The van der Waals surface area contributed by atoms with E-state index in [0.29, 0.717) is 11.6 Å². The van der Waals surface area contributed by atoms with Crippen LogP contribution < -0.4 is 16.0 Å². The minimum Gasteiger partial charge on any atom is -0.352 e. The molecule has 1 aliphatic rings. The highest BCUT2D eigenvalue weighted by Gasteiger charge is 2.29. The summed E-state index contributed by atoms with van der Waals surface area (Å²) in [6, 6.07) is 11.3. The average Bonchev–Trinajstić information content (AvgIpc) is 2.67. The first-order valence-electron chi connectivity index (χ1n) is 9.20. The number of carbonyl (C=O) groups excluding carboxylic acids is 2. The molecule has 0 saturated carbocycles. The number of nitrogens with one attached hydrogen (secondary N) is 3. The number of rotatable bonds is 5. The first kappa shape index (κ1) is 20.3. The lowest BCUT2D eigenvalue weighted by molar-refractivity contribution is -0.125. The molecule has 0 spiro atoms. The van der Waals surface area contributed by atoms with Crippen LogP contribution in [0.1, 0.15) is 49.2 Å². The van der Waals surface area contributed by atoms with Crippen LogP contribution in [0, 0.1) is 11.7 Å². The van der Waals surface area contributed by atoms with Gasteiger partial charge in [-0.2, -0.15) is 0 Å². The molecule has 1 saturated heterocycles. The second-order valence-corrected chi connectivity index (χ2v) is 7.61. The Hall–Kier alpha value is -2.44. The predicted octanol–water partition coefficient (Wildman–Crippen LogP) is 3.60. The van der Waals surface area contributed by atoms with E-state index < -0.39 is 6.17 Å². The number of halogens is 2. The van der Waals surface area contributed by atoms with Gasteiger partial charge in [0.2, 0.25) is 11.8 Å². The van der Waals surface area contributed by atoms with E-state index >= 15 is 0 Å². The van der Waals surface area contributed by atoms with Crippen LogP contribution in [0.25, 0.3) is 0 Å². The summed E-state index contributed by atoms with van der Waals surface area (Å²) in [6.45, 7) is 4.04. The van der Waals surface area contributed by atoms with E-state index in [1.165, 1.54) is 12.1 Å². The molecule has 0 aromatic heterocycles. The minimum atomic E-state index is -0.482. The molecule has 2 amide bonds. The first-order chi connectivity index (χ1) is 13.3. The van der Waals surface area contributed by atoms with Gasteiger partial charge >= 0.3 is 0 Å². The Bertz CT molecular complexity index is 870.